The summed E-state index contributed by atoms with van der Waals surface area (Å²) in [6.07, 6.45) is 6.82. The van der Waals surface area contributed by atoms with E-state index < -0.39 is 19.7 Å². The minimum absolute atomic E-state index is 0.0982. The average Bonchev–Trinajstić information content (AvgIpc) is 4.06. The summed E-state index contributed by atoms with van der Waals surface area (Å²) in [6.45, 7) is 0.705. The van der Waals surface area contributed by atoms with Crippen molar-refractivity contribution in [1.82, 2.24) is 19.1 Å². The van der Waals surface area contributed by atoms with E-state index in [-0.39, 0.29) is 31.3 Å². The van der Waals surface area contributed by atoms with Crippen LogP contribution in [0.5, 0.6) is 0 Å². The number of amidine groups is 2. The molecule has 24 heteroatoms. The summed E-state index contributed by atoms with van der Waals surface area (Å²) < 4.78 is 59.8. The van der Waals surface area contributed by atoms with Gasteiger partial charge in [-0.25, -0.2) is 26.8 Å². The Morgan fingerprint density at radius 3 is 1.58 bits per heavy atom. The first-order valence-corrected chi connectivity index (χ1v) is 28.1. The maximum Gasteiger partial charge on any atom is 0.208 e. The lowest BCUT2D eigenvalue weighted by molar-refractivity contribution is 0.593. The number of thiophene rings is 2. The molecule has 4 aromatic heterocycles. The number of aromatic nitrogens is 4. The SMILES string of the molecule is CSc1sc(C(=N)N)cc1S(=O)(=O)c1cc(Br)c2c(c1)ncn2Cc1c(Cl)cccc1Cl.CSc1sc(C(=N)N)cc1S(=O)(=O)c1cc(Br)c2ncn(Cc3c(Cl)cccc3Cl)c2c1. The van der Waals surface area contributed by atoms with E-state index in [1.807, 2.05) is 4.57 Å². The Hall–Kier alpha value is -3.12. The second-order valence-corrected chi connectivity index (χ2v) is 24.9. The van der Waals surface area contributed by atoms with Gasteiger partial charge in [0.2, 0.25) is 19.7 Å². The van der Waals surface area contributed by atoms with E-state index in [0.717, 1.165) is 11.1 Å². The van der Waals surface area contributed by atoms with Gasteiger partial charge in [-0.1, -0.05) is 58.5 Å². The fourth-order valence-electron chi connectivity index (χ4n) is 6.39. The van der Waals surface area contributed by atoms with Crippen molar-refractivity contribution in [3.05, 3.63) is 135 Å². The zero-order chi connectivity index (χ0) is 46.4. The van der Waals surface area contributed by atoms with Crippen molar-refractivity contribution in [2.24, 2.45) is 11.5 Å². The summed E-state index contributed by atoms with van der Waals surface area (Å²) in [5.74, 6) is -0.335. The van der Waals surface area contributed by atoms with Crippen LogP contribution in [0, 0.1) is 10.8 Å². The topological polar surface area (TPSA) is 204 Å². The lowest BCUT2D eigenvalue weighted by Gasteiger charge is -2.11. The predicted molar refractivity (Wildman–Crippen MR) is 271 cm³/mol. The van der Waals surface area contributed by atoms with Crippen LogP contribution in [0.3, 0.4) is 0 Å². The Balaban J connectivity index is 0.000000191. The number of nitrogens with two attached hydrogens (primary N) is 2. The third-order valence-corrected chi connectivity index (χ3v) is 20.8. The van der Waals surface area contributed by atoms with Gasteiger partial charge in [0, 0.05) is 40.2 Å². The molecule has 0 radical (unpaired) electrons. The largest absolute Gasteiger partial charge is 0.383 e. The molecular weight excluding hydrogens is 1150 g/mol. The number of benzene rings is 4. The van der Waals surface area contributed by atoms with Crippen LogP contribution in [-0.2, 0) is 32.8 Å². The number of imidazole rings is 2. The van der Waals surface area contributed by atoms with Gasteiger partial charge >= 0.3 is 0 Å². The summed E-state index contributed by atoms with van der Waals surface area (Å²) in [7, 11) is -7.73. The fourth-order valence-corrected chi connectivity index (χ4v) is 16.8. The Bertz CT molecular complexity index is 3370. The minimum atomic E-state index is -3.88. The molecule has 12 nitrogen and oxygen atoms in total. The zero-order valence-corrected chi connectivity index (χ0v) is 43.9. The molecule has 0 aliphatic carbocycles. The van der Waals surface area contributed by atoms with Crippen LogP contribution in [0.1, 0.15) is 20.9 Å². The smallest absolute Gasteiger partial charge is 0.208 e. The van der Waals surface area contributed by atoms with Crippen LogP contribution in [0.15, 0.2) is 122 Å². The van der Waals surface area contributed by atoms with E-state index in [4.69, 9.17) is 68.7 Å². The minimum Gasteiger partial charge on any atom is -0.383 e. The Morgan fingerprint density at radius 2 is 1.11 bits per heavy atom. The lowest BCUT2D eigenvalue weighted by atomic mass is 10.2. The molecule has 332 valence electrons. The maximum atomic E-state index is 13.5. The Kier molecular flexibility index (Phi) is 15.0. The third-order valence-electron chi connectivity index (χ3n) is 9.51. The third kappa shape index (κ3) is 9.66. The van der Waals surface area contributed by atoms with Gasteiger partial charge in [-0.05, 0) is 105 Å². The van der Waals surface area contributed by atoms with Crippen molar-refractivity contribution < 1.29 is 16.8 Å². The van der Waals surface area contributed by atoms with Crippen LogP contribution in [0.25, 0.3) is 22.1 Å². The van der Waals surface area contributed by atoms with Crippen LogP contribution in [0.4, 0.5) is 0 Å². The van der Waals surface area contributed by atoms with E-state index in [9.17, 15) is 16.8 Å². The molecule has 0 saturated carbocycles. The number of thioether (sulfide) groups is 2. The molecule has 0 fully saturated rings. The number of nitrogens with zero attached hydrogens (tertiary/aromatic N) is 4. The van der Waals surface area contributed by atoms with Crippen LogP contribution in [0.2, 0.25) is 20.1 Å². The van der Waals surface area contributed by atoms with E-state index in [2.05, 4.69) is 41.8 Å². The highest BCUT2D eigenvalue weighted by atomic mass is 79.9. The van der Waals surface area contributed by atoms with E-state index >= 15 is 0 Å². The standard InChI is InChI=1S/2C20H15BrCl2N4O2S3/c1-30-20-17(7-16(31-20)19(24)25)32(28,29)10-5-12(21)18-15(6-10)27(9-26-18)8-11-13(22)3-2-4-14(11)23;1-30-20-17(7-16(31-20)19(24)25)32(28,29)10-5-12(21)18-15(6-10)26-9-27(18)8-11-13(22)3-2-4-14(11)23/h2*2-7,9H,8H2,1H3,(H3,24,25). The maximum absolute atomic E-state index is 13.5. The molecule has 8 rings (SSSR count). The zero-order valence-electron chi connectivity index (χ0n) is 32.8. The Morgan fingerprint density at radius 1 is 0.672 bits per heavy atom. The van der Waals surface area contributed by atoms with Crippen molar-refractivity contribution in [2.45, 2.75) is 41.1 Å². The van der Waals surface area contributed by atoms with Crippen molar-refractivity contribution in [3.8, 4) is 0 Å². The second kappa shape index (κ2) is 19.6. The average molecular weight is 1180 g/mol. The monoisotopic (exact) mass is 1180 g/mol. The normalized spacial score (nSPS) is 11.9. The van der Waals surface area contributed by atoms with E-state index in [0.29, 0.717) is 82.4 Å². The highest BCUT2D eigenvalue weighted by molar-refractivity contribution is 9.11. The van der Waals surface area contributed by atoms with Gasteiger partial charge in [-0.2, -0.15) is 0 Å². The number of halogens is 6. The molecule has 0 saturated heterocycles. The number of nitrogens with one attached hydrogen (secondary N) is 2. The van der Waals surface area contributed by atoms with Gasteiger partial charge in [0.1, 0.15) is 17.2 Å². The molecule has 0 atom stereocenters. The number of sulfone groups is 2. The first kappa shape index (κ1) is 48.8. The molecule has 8 aromatic rings. The van der Waals surface area contributed by atoms with E-state index in [1.54, 1.807) is 78.3 Å². The lowest BCUT2D eigenvalue weighted by Crippen LogP contribution is -2.09. The molecule has 0 aliphatic rings. The molecule has 4 aromatic carbocycles. The number of nitrogen functional groups attached to an aromatic ring is 2. The predicted octanol–water partition coefficient (Wildman–Crippen LogP) is 12.1. The number of hydrogen-bond acceptors (Lipinski definition) is 12. The van der Waals surface area contributed by atoms with Crippen LogP contribution >= 0.6 is 124 Å². The molecule has 0 unspecified atom stereocenters. The van der Waals surface area contributed by atoms with Gasteiger partial charge in [0.05, 0.1) is 80.0 Å². The number of rotatable bonds is 12. The molecule has 0 spiro atoms. The van der Waals surface area contributed by atoms with Crippen molar-refractivity contribution >= 4 is 178 Å². The fraction of sp³-hybridized carbons (Fsp3) is 0.100. The Labute approximate surface area is 420 Å². The summed E-state index contributed by atoms with van der Waals surface area (Å²) in [5.41, 5.74) is 15.1. The van der Waals surface area contributed by atoms with Gasteiger partial charge < -0.3 is 20.6 Å². The van der Waals surface area contributed by atoms with Crippen molar-refractivity contribution in [3.63, 3.8) is 0 Å². The van der Waals surface area contributed by atoms with Gasteiger partial charge in [0.15, 0.2) is 0 Å². The first-order valence-electron chi connectivity index (χ1n) is 18.0. The highest BCUT2D eigenvalue weighted by Gasteiger charge is 2.28. The summed E-state index contributed by atoms with van der Waals surface area (Å²) >= 11 is 37.2. The van der Waals surface area contributed by atoms with Crippen molar-refractivity contribution in [1.29, 1.82) is 10.8 Å². The van der Waals surface area contributed by atoms with Gasteiger partial charge in [-0.3, -0.25) is 10.8 Å². The van der Waals surface area contributed by atoms with Crippen LogP contribution < -0.4 is 11.5 Å². The van der Waals surface area contributed by atoms with Crippen LogP contribution in [-0.4, -0.2) is 60.1 Å². The highest BCUT2D eigenvalue weighted by Crippen LogP contribution is 2.41. The molecule has 4 heterocycles. The number of fused-ring (bicyclic) bond motifs is 2. The molecule has 0 amide bonds. The van der Waals surface area contributed by atoms with E-state index in [1.165, 1.54) is 70.5 Å². The first-order chi connectivity index (χ1) is 30.3. The van der Waals surface area contributed by atoms with Crippen molar-refractivity contribution in [2.75, 3.05) is 12.5 Å². The molecule has 0 bridgehead atoms. The summed E-state index contributed by atoms with van der Waals surface area (Å²) in [5, 5.41) is 17.4. The van der Waals surface area contributed by atoms with Gasteiger partial charge in [0.25, 0.3) is 0 Å². The summed E-state index contributed by atoms with van der Waals surface area (Å²) in [4.78, 5) is 10.1. The second-order valence-electron chi connectivity index (χ2n) is 13.5. The molecule has 64 heavy (non-hydrogen) atoms. The quantitative estimate of drug-likeness (QED) is 0.0518. The number of hydrogen-bond donors (Lipinski definition) is 4. The summed E-state index contributed by atoms with van der Waals surface area (Å²) in [6, 6.07) is 19.7. The molecule has 0 aliphatic heterocycles. The van der Waals surface area contributed by atoms with Gasteiger partial charge in [-0.15, -0.1) is 46.2 Å². The molecular formula is C40H30Br2Cl4N8O4S6. The molecule has 6 N–H and O–H groups in total.